The van der Waals surface area contributed by atoms with Crippen molar-refractivity contribution in [1.29, 1.82) is 0 Å². The first-order valence-electron chi connectivity index (χ1n) is 8.31. The lowest BCUT2D eigenvalue weighted by Crippen LogP contribution is -2.47. The summed E-state index contributed by atoms with van der Waals surface area (Å²) in [5.41, 5.74) is 5.61. The van der Waals surface area contributed by atoms with Gasteiger partial charge in [-0.25, -0.2) is 0 Å². The molecule has 3 nitrogen and oxygen atoms in total. The zero-order valence-corrected chi connectivity index (χ0v) is 12.2. The van der Waals surface area contributed by atoms with Crippen LogP contribution in [0.4, 0.5) is 0 Å². The molecule has 110 valence electrons. The van der Waals surface area contributed by atoms with Gasteiger partial charge in [-0.1, -0.05) is 57.8 Å². The Kier molecular flexibility index (Phi) is 6.15. The van der Waals surface area contributed by atoms with E-state index in [1.54, 1.807) is 0 Å². The zero-order chi connectivity index (χ0) is 13.5. The molecule has 1 atom stereocenters. The Morgan fingerprint density at radius 2 is 1.47 bits per heavy atom. The molecule has 19 heavy (non-hydrogen) atoms. The second-order valence-corrected chi connectivity index (χ2v) is 6.55. The average Bonchev–Trinajstić information content (AvgIpc) is 2.68. The van der Waals surface area contributed by atoms with Gasteiger partial charge in [0.25, 0.3) is 0 Å². The van der Waals surface area contributed by atoms with Gasteiger partial charge in [0, 0.05) is 6.04 Å². The van der Waals surface area contributed by atoms with Gasteiger partial charge in [0.1, 0.15) is 0 Å². The van der Waals surface area contributed by atoms with Crippen LogP contribution < -0.4 is 11.1 Å². The number of carbonyl (C=O) groups excluding carboxylic acids is 1. The highest BCUT2D eigenvalue weighted by Crippen LogP contribution is 2.28. The Hall–Kier alpha value is -0.570. The van der Waals surface area contributed by atoms with E-state index in [9.17, 15) is 4.79 Å². The van der Waals surface area contributed by atoms with Gasteiger partial charge in [0.2, 0.25) is 5.91 Å². The predicted molar refractivity (Wildman–Crippen MR) is 78.8 cm³/mol. The number of hydrogen-bond acceptors (Lipinski definition) is 2. The summed E-state index contributed by atoms with van der Waals surface area (Å²) in [5, 5.41) is 3.57. The van der Waals surface area contributed by atoms with Crippen LogP contribution >= 0.6 is 0 Å². The van der Waals surface area contributed by atoms with Crippen molar-refractivity contribution in [2.75, 3.05) is 0 Å². The summed E-state index contributed by atoms with van der Waals surface area (Å²) in [6.07, 6.45) is 15.3. The maximum atomic E-state index is 11.7. The van der Waals surface area contributed by atoms with Gasteiger partial charge in [-0.2, -0.15) is 0 Å². The third-order valence-corrected chi connectivity index (χ3v) is 4.93. The number of hydrogen-bond donors (Lipinski definition) is 2. The fourth-order valence-corrected chi connectivity index (χ4v) is 3.75. The Morgan fingerprint density at radius 3 is 2.05 bits per heavy atom. The smallest absolute Gasteiger partial charge is 0.234 e. The minimum atomic E-state index is -0.144. The highest BCUT2D eigenvalue weighted by Gasteiger charge is 2.25. The van der Waals surface area contributed by atoms with E-state index in [4.69, 9.17) is 5.73 Å². The van der Waals surface area contributed by atoms with Gasteiger partial charge >= 0.3 is 0 Å². The summed E-state index contributed by atoms with van der Waals surface area (Å²) in [6, 6.07) is 0.426. The molecule has 2 rings (SSSR count). The third-order valence-electron chi connectivity index (χ3n) is 4.93. The van der Waals surface area contributed by atoms with Gasteiger partial charge in [-0.3, -0.25) is 4.79 Å². The fourth-order valence-electron chi connectivity index (χ4n) is 3.75. The van der Waals surface area contributed by atoms with Crippen molar-refractivity contribution in [1.82, 2.24) is 5.32 Å². The minimum Gasteiger partial charge on any atom is -0.368 e. The molecule has 1 unspecified atom stereocenters. The van der Waals surface area contributed by atoms with Crippen molar-refractivity contribution in [3.8, 4) is 0 Å². The molecule has 2 fully saturated rings. The summed E-state index contributed by atoms with van der Waals surface area (Å²) in [4.78, 5) is 11.7. The lowest BCUT2D eigenvalue weighted by molar-refractivity contribution is -0.120. The van der Waals surface area contributed by atoms with Crippen molar-refractivity contribution >= 4 is 5.91 Å². The van der Waals surface area contributed by atoms with Gasteiger partial charge in [0.05, 0.1) is 6.04 Å². The molecule has 0 heterocycles. The number of amides is 1. The SMILES string of the molecule is NC(=O)C(CC1CCCCC1)NC1CCCCCC1. The van der Waals surface area contributed by atoms with Gasteiger partial charge in [-0.15, -0.1) is 0 Å². The van der Waals surface area contributed by atoms with Crippen LogP contribution in [0.15, 0.2) is 0 Å². The van der Waals surface area contributed by atoms with Crippen molar-refractivity contribution in [3.05, 3.63) is 0 Å². The van der Waals surface area contributed by atoms with Gasteiger partial charge < -0.3 is 11.1 Å². The highest BCUT2D eigenvalue weighted by molar-refractivity contribution is 5.79. The average molecular weight is 266 g/mol. The summed E-state index contributed by atoms with van der Waals surface area (Å²) >= 11 is 0. The summed E-state index contributed by atoms with van der Waals surface area (Å²) in [5.74, 6) is 0.569. The number of rotatable bonds is 5. The van der Waals surface area contributed by atoms with Crippen LogP contribution in [0.3, 0.4) is 0 Å². The molecule has 0 saturated heterocycles. The molecule has 0 spiro atoms. The molecular weight excluding hydrogens is 236 g/mol. The van der Waals surface area contributed by atoms with Gasteiger partial charge in [-0.05, 0) is 25.2 Å². The first kappa shape index (κ1) is 14.8. The van der Waals surface area contributed by atoms with E-state index in [0.717, 1.165) is 6.42 Å². The fraction of sp³-hybridized carbons (Fsp3) is 0.938. The van der Waals surface area contributed by atoms with E-state index >= 15 is 0 Å². The molecular formula is C16H30N2O. The number of nitrogens with two attached hydrogens (primary N) is 1. The molecule has 1 amide bonds. The molecule has 3 N–H and O–H groups in total. The molecule has 0 aromatic heterocycles. The molecule has 0 aromatic carbocycles. The molecule has 2 saturated carbocycles. The lowest BCUT2D eigenvalue weighted by atomic mass is 9.84. The van der Waals surface area contributed by atoms with Crippen LogP contribution in [0.25, 0.3) is 0 Å². The summed E-state index contributed by atoms with van der Waals surface area (Å²) < 4.78 is 0. The lowest BCUT2D eigenvalue weighted by Gasteiger charge is -2.28. The highest BCUT2D eigenvalue weighted by atomic mass is 16.1. The maximum absolute atomic E-state index is 11.7. The molecule has 2 aliphatic rings. The topological polar surface area (TPSA) is 55.1 Å². The zero-order valence-electron chi connectivity index (χ0n) is 12.2. The van der Waals surface area contributed by atoms with E-state index in [-0.39, 0.29) is 11.9 Å². The Morgan fingerprint density at radius 1 is 0.947 bits per heavy atom. The van der Waals surface area contributed by atoms with Crippen LogP contribution in [0, 0.1) is 5.92 Å². The first-order valence-corrected chi connectivity index (χ1v) is 8.31. The minimum absolute atomic E-state index is 0.0915. The van der Waals surface area contributed by atoms with Crippen LogP contribution in [0.5, 0.6) is 0 Å². The van der Waals surface area contributed by atoms with Crippen LogP contribution in [0.2, 0.25) is 0 Å². The quantitative estimate of drug-likeness (QED) is 0.751. The number of primary amides is 1. The monoisotopic (exact) mass is 266 g/mol. The van der Waals surface area contributed by atoms with Crippen LogP contribution in [-0.2, 0) is 4.79 Å². The van der Waals surface area contributed by atoms with Crippen molar-refractivity contribution in [3.63, 3.8) is 0 Å². The van der Waals surface area contributed by atoms with Crippen molar-refractivity contribution < 1.29 is 4.79 Å². The number of carbonyl (C=O) groups is 1. The van der Waals surface area contributed by atoms with E-state index in [1.807, 2.05) is 0 Å². The Labute approximate surface area is 117 Å². The van der Waals surface area contributed by atoms with Crippen molar-refractivity contribution in [2.45, 2.75) is 89.1 Å². The molecule has 0 aromatic rings. The van der Waals surface area contributed by atoms with E-state index in [0.29, 0.717) is 12.0 Å². The standard InChI is InChI=1S/C16H30N2O/c17-16(19)15(12-13-8-4-3-5-9-13)18-14-10-6-1-2-7-11-14/h13-15,18H,1-12H2,(H2,17,19). The Balaban J connectivity index is 1.82. The Bertz CT molecular complexity index is 266. The molecule has 2 aliphatic carbocycles. The molecule has 0 bridgehead atoms. The van der Waals surface area contributed by atoms with Crippen LogP contribution in [0.1, 0.15) is 77.0 Å². The molecule has 0 aliphatic heterocycles. The summed E-state index contributed by atoms with van der Waals surface area (Å²) in [7, 11) is 0. The predicted octanol–water partition coefficient (Wildman–Crippen LogP) is 3.12. The van der Waals surface area contributed by atoms with Crippen molar-refractivity contribution in [2.24, 2.45) is 11.7 Å². The maximum Gasteiger partial charge on any atom is 0.234 e. The second-order valence-electron chi connectivity index (χ2n) is 6.55. The number of nitrogens with one attached hydrogen (secondary N) is 1. The largest absolute Gasteiger partial charge is 0.368 e. The first-order chi connectivity index (χ1) is 9.25. The molecule has 0 radical (unpaired) electrons. The van der Waals surface area contributed by atoms with Gasteiger partial charge in [0.15, 0.2) is 0 Å². The normalized spacial score (nSPS) is 24.8. The molecule has 3 heteroatoms. The van der Waals surface area contributed by atoms with Crippen LogP contribution in [-0.4, -0.2) is 18.0 Å². The van der Waals surface area contributed by atoms with E-state index in [1.165, 1.54) is 70.6 Å². The van der Waals surface area contributed by atoms with E-state index < -0.39 is 0 Å². The second kappa shape index (κ2) is 7.88. The third kappa shape index (κ3) is 5.13. The summed E-state index contributed by atoms with van der Waals surface area (Å²) in [6.45, 7) is 0. The van der Waals surface area contributed by atoms with E-state index in [2.05, 4.69) is 5.32 Å².